The molecule has 9 nitrogen and oxygen atoms in total. The molecule has 0 saturated heterocycles. The van der Waals surface area contributed by atoms with Crippen molar-refractivity contribution < 1.29 is 27.5 Å². The van der Waals surface area contributed by atoms with Gasteiger partial charge in [-0.1, -0.05) is 58.6 Å². The number of rotatable bonds is 12. The molecule has 1 atom stereocenters. The summed E-state index contributed by atoms with van der Waals surface area (Å²) in [4.78, 5) is 29.0. The van der Waals surface area contributed by atoms with E-state index in [9.17, 15) is 18.0 Å². The van der Waals surface area contributed by atoms with Crippen molar-refractivity contribution in [3.05, 3.63) is 82.3 Å². The Morgan fingerprint density at radius 1 is 0.953 bits per heavy atom. The molecule has 2 amide bonds. The summed E-state index contributed by atoms with van der Waals surface area (Å²) >= 11 is 3.43. The number of sulfonamides is 1. The van der Waals surface area contributed by atoms with Gasteiger partial charge in [0.05, 0.1) is 24.8 Å². The van der Waals surface area contributed by atoms with E-state index in [1.807, 2.05) is 31.2 Å². The Hall–Kier alpha value is -3.57. The molecule has 1 aliphatic rings. The maximum absolute atomic E-state index is 14.2. The zero-order valence-electron chi connectivity index (χ0n) is 24.9. The van der Waals surface area contributed by atoms with Crippen LogP contribution in [0.1, 0.15) is 43.7 Å². The average Bonchev–Trinajstić information content (AvgIpc) is 3.52. The molecule has 43 heavy (non-hydrogen) atoms. The number of hydrogen-bond acceptors (Lipinski definition) is 6. The molecular weight excluding hydrogens is 634 g/mol. The number of amides is 2. The average molecular weight is 673 g/mol. The number of halogens is 1. The summed E-state index contributed by atoms with van der Waals surface area (Å²) < 4.78 is 40.9. The van der Waals surface area contributed by atoms with Gasteiger partial charge in [0.15, 0.2) is 11.5 Å². The topological polar surface area (TPSA) is 105 Å². The minimum atomic E-state index is -4.20. The fourth-order valence-electron chi connectivity index (χ4n) is 5.11. The molecule has 0 heterocycles. The lowest BCUT2D eigenvalue weighted by atomic mass is 10.1. The number of nitrogens with zero attached hydrogens (tertiary/aromatic N) is 2. The normalized spacial score (nSPS) is 14.2. The van der Waals surface area contributed by atoms with Crippen LogP contribution in [0.25, 0.3) is 0 Å². The molecule has 1 N–H and O–H groups in total. The van der Waals surface area contributed by atoms with E-state index >= 15 is 0 Å². The van der Waals surface area contributed by atoms with Crippen LogP contribution >= 0.6 is 15.9 Å². The van der Waals surface area contributed by atoms with Crippen LogP contribution in [0, 0.1) is 6.92 Å². The molecule has 4 rings (SSSR count). The van der Waals surface area contributed by atoms with E-state index in [-0.39, 0.29) is 29.1 Å². The highest BCUT2D eigenvalue weighted by Gasteiger charge is 2.33. The van der Waals surface area contributed by atoms with Crippen molar-refractivity contribution in [2.45, 2.75) is 63.1 Å². The number of nitrogens with one attached hydrogen (secondary N) is 1. The van der Waals surface area contributed by atoms with Crippen LogP contribution in [0.5, 0.6) is 11.5 Å². The van der Waals surface area contributed by atoms with Crippen LogP contribution in [-0.4, -0.2) is 58.0 Å². The van der Waals surface area contributed by atoms with Crippen molar-refractivity contribution in [1.29, 1.82) is 0 Å². The van der Waals surface area contributed by atoms with E-state index in [1.165, 1.54) is 37.3 Å². The summed E-state index contributed by atoms with van der Waals surface area (Å²) in [6, 6.07) is 17.8. The third-order valence-corrected chi connectivity index (χ3v) is 9.99. The molecule has 11 heteroatoms. The van der Waals surface area contributed by atoms with Crippen LogP contribution in [0.2, 0.25) is 0 Å². The molecule has 0 aromatic heterocycles. The Balaban J connectivity index is 1.72. The zero-order chi connectivity index (χ0) is 31.1. The van der Waals surface area contributed by atoms with Gasteiger partial charge >= 0.3 is 0 Å². The smallest absolute Gasteiger partial charge is 0.264 e. The summed E-state index contributed by atoms with van der Waals surface area (Å²) in [7, 11) is -1.26. The van der Waals surface area contributed by atoms with E-state index in [1.54, 1.807) is 31.2 Å². The van der Waals surface area contributed by atoms with Gasteiger partial charge in [0, 0.05) is 23.1 Å². The fraction of sp³-hybridized carbons (Fsp3) is 0.375. The molecule has 230 valence electrons. The quantitative estimate of drug-likeness (QED) is 0.275. The van der Waals surface area contributed by atoms with Gasteiger partial charge in [0.2, 0.25) is 11.8 Å². The first-order valence-electron chi connectivity index (χ1n) is 14.2. The molecule has 0 spiro atoms. The highest BCUT2D eigenvalue weighted by molar-refractivity contribution is 9.10. The number of anilines is 1. The second-order valence-corrected chi connectivity index (χ2v) is 13.5. The number of ether oxygens (including phenoxy) is 2. The Kier molecular flexibility index (Phi) is 10.7. The molecule has 0 bridgehead atoms. The van der Waals surface area contributed by atoms with Gasteiger partial charge in [-0.25, -0.2) is 8.42 Å². The molecule has 1 unspecified atom stereocenters. The van der Waals surface area contributed by atoms with Gasteiger partial charge in [-0.15, -0.1) is 0 Å². The molecular formula is C32H38BrN3O6S. The van der Waals surface area contributed by atoms with Crippen LogP contribution in [0.3, 0.4) is 0 Å². The number of hydrogen-bond donors (Lipinski definition) is 1. The third kappa shape index (κ3) is 7.88. The summed E-state index contributed by atoms with van der Waals surface area (Å²) in [5.74, 6) is -0.0641. The summed E-state index contributed by atoms with van der Waals surface area (Å²) in [6.45, 7) is 3.12. The molecule has 1 fully saturated rings. The van der Waals surface area contributed by atoms with Gasteiger partial charge in [-0.05, 0) is 68.7 Å². The number of carbonyl (C=O) groups excluding carboxylic acids is 2. The van der Waals surface area contributed by atoms with Gasteiger partial charge < -0.3 is 19.7 Å². The van der Waals surface area contributed by atoms with Crippen LogP contribution < -0.4 is 19.1 Å². The zero-order valence-corrected chi connectivity index (χ0v) is 27.3. The summed E-state index contributed by atoms with van der Waals surface area (Å²) in [5, 5.41) is 3.08. The Bertz CT molecular complexity index is 1520. The number of aryl methyl sites for hydroxylation is 1. The minimum Gasteiger partial charge on any atom is -0.493 e. The SMILES string of the molecule is COc1ccc(N(CC(=O)N(Cc2ccc(Br)cc2)C(C)C(=O)NC2CCCC2)S(=O)(=O)c2ccc(C)cc2)cc1OC. The van der Waals surface area contributed by atoms with Crippen molar-refractivity contribution in [2.75, 3.05) is 25.1 Å². The van der Waals surface area contributed by atoms with Gasteiger partial charge in [0.1, 0.15) is 12.6 Å². The Morgan fingerprint density at radius 3 is 2.19 bits per heavy atom. The van der Waals surface area contributed by atoms with Gasteiger partial charge in [-0.3, -0.25) is 13.9 Å². The lowest BCUT2D eigenvalue weighted by molar-refractivity contribution is -0.139. The van der Waals surface area contributed by atoms with E-state index < -0.39 is 28.5 Å². The molecule has 3 aromatic rings. The monoisotopic (exact) mass is 671 g/mol. The Morgan fingerprint density at radius 2 is 1.58 bits per heavy atom. The second-order valence-electron chi connectivity index (χ2n) is 10.7. The predicted molar refractivity (Wildman–Crippen MR) is 170 cm³/mol. The maximum Gasteiger partial charge on any atom is 0.264 e. The summed E-state index contributed by atoms with van der Waals surface area (Å²) in [6.07, 6.45) is 3.91. The summed E-state index contributed by atoms with van der Waals surface area (Å²) in [5.41, 5.74) is 1.92. The second kappa shape index (κ2) is 14.3. The highest BCUT2D eigenvalue weighted by atomic mass is 79.9. The van der Waals surface area contributed by atoms with Gasteiger partial charge in [-0.2, -0.15) is 0 Å². The first-order valence-corrected chi connectivity index (χ1v) is 16.4. The molecule has 0 radical (unpaired) electrons. The van der Waals surface area contributed by atoms with Crippen molar-refractivity contribution in [2.24, 2.45) is 0 Å². The predicted octanol–water partition coefficient (Wildman–Crippen LogP) is 5.45. The Labute approximate surface area is 262 Å². The first-order chi connectivity index (χ1) is 20.5. The van der Waals surface area contributed by atoms with E-state index in [2.05, 4.69) is 21.2 Å². The van der Waals surface area contributed by atoms with Crippen LogP contribution in [0.4, 0.5) is 5.69 Å². The maximum atomic E-state index is 14.2. The molecule has 0 aliphatic heterocycles. The van der Waals surface area contributed by atoms with E-state index in [0.29, 0.717) is 11.5 Å². The molecule has 3 aromatic carbocycles. The minimum absolute atomic E-state index is 0.0344. The van der Waals surface area contributed by atoms with E-state index in [0.717, 1.165) is 45.6 Å². The van der Waals surface area contributed by atoms with Crippen molar-refractivity contribution in [3.63, 3.8) is 0 Å². The number of methoxy groups -OCH3 is 2. The lowest BCUT2D eigenvalue weighted by Gasteiger charge is -2.32. The number of benzene rings is 3. The fourth-order valence-corrected chi connectivity index (χ4v) is 6.78. The number of carbonyl (C=O) groups is 2. The first kappa shape index (κ1) is 32.3. The standard InChI is InChI=1S/C32H38BrN3O6S/c1-22-9-16-28(17-10-22)43(39,40)36(27-15-18-29(41-3)30(19-27)42-4)21-31(37)35(20-24-11-13-25(33)14-12-24)23(2)32(38)34-26-7-5-6-8-26/h9-19,23,26H,5-8,20-21H2,1-4H3,(H,34,38). The molecule has 1 saturated carbocycles. The van der Waals surface area contributed by atoms with Crippen LogP contribution in [-0.2, 0) is 26.2 Å². The van der Waals surface area contributed by atoms with Crippen LogP contribution in [0.15, 0.2) is 76.1 Å². The van der Waals surface area contributed by atoms with Gasteiger partial charge in [0.25, 0.3) is 10.0 Å². The third-order valence-electron chi connectivity index (χ3n) is 7.68. The highest BCUT2D eigenvalue weighted by Crippen LogP contribution is 2.34. The largest absolute Gasteiger partial charge is 0.493 e. The lowest BCUT2D eigenvalue weighted by Crippen LogP contribution is -2.52. The van der Waals surface area contributed by atoms with Crippen molar-refractivity contribution in [1.82, 2.24) is 10.2 Å². The van der Waals surface area contributed by atoms with Crippen molar-refractivity contribution in [3.8, 4) is 11.5 Å². The van der Waals surface area contributed by atoms with Crippen molar-refractivity contribution >= 4 is 43.5 Å². The van der Waals surface area contributed by atoms with E-state index in [4.69, 9.17) is 9.47 Å². The molecule has 1 aliphatic carbocycles.